The van der Waals surface area contributed by atoms with Crippen LogP contribution in [0.15, 0.2) is 48.5 Å². The maximum Gasteiger partial charge on any atom is 0.230 e. The van der Waals surface area contributed by atoms with Crippen molar-refractivity contribution < 1.29 is 4.79 Å². The molecular weight excluding hydrogens is 290 g/mol. The molecule has 3 heteroatoms. The van der Waals surface area contributed by atoms with Gasteiger partial charge in [0.15, 0.2) is 0 Å². The largest absolute Gasteiger partial charge is 0.349 e. The van der Waals surface area contributed by atoms with Crippen molar-refractivity contribution in [2.75, 3.05) is 5.75 Å². The molecule has 2 aromatic carbocycles. The van der Waals surface area contributed by atoms with Crippen molar-refractivity contribution >= 4 is 17.7 Å². The summed E-state index contributed by atoms with van der Waals surface area (Å²) in [5.41, 5.74) is 4.90. The Balaban J connectivity index is 1.76. The van der Waals surface area contributed by atoms with Crippen molar-refractivity contribution in [1.82, 2.24) is 5.32 Å². The van der Waals surface area contributed by atoms with Gasteiger partial charge in [0.25, 0.3) is 0 Å². The highest BCUT2D eigenvalue weighted by atomic mass is 32.2. The molecule has 2 nitrogen and oxygen atoms in total. The van der Waals surface area contributed by atoms with Gasteiger partial charge in [-0.05, 0) is 31.9 Å². The van der Waals surface area contributed by atoms with Gasteiger partial charge < -0.3 is 5.32 Å². The number of carbonyl (C=O) groups excluding carboxylic acids is 1. The van der Waals surface area contributed by atoms with Crippen LogP contribution < -0.4 is 5.32 Å². The van der Waals surface area contributed by atoms with Crippen LogP contribution in [0.3, 0.4) is 0 Å². The first-order chi connectivity index (χ1) is 10.5. The van der Waals surface area contributed by atoms with E-state index < -0.39 is 0 Å². The molecule has 0 bridgehead atoms. The standard InChI is InChI=1S/C19H23NOS/c1-14-7-9-18(10-8-14)16(3)20-19(21)13-22-12-17-6-4-5-15(2)11-17/h4-11,16H,12-13H2,1-3H3,(H,20,21)/t16-/m0/s1. The van der Waals surface area contributed by atoms with Crippen LogP contribution >= 0.6 is 11.8 Å². The normalized spacial score (nSPS) is 12.0. The lowest BCUT2D eigenvalue weighted by molar-refractivity contribution is -0.119. The van der Waals surface area contributed by atoms with Gasteiger partial charge in [-0.3, -0.25) is 4.79 Å². The van der Waals surface area contributed by atoms with Gasteiger partial charge >= 0.3 is 0 Å². The minimum absolute atomic E-state index is 0.0488. The predicted octanol–water partition coefficient (Wildman–Crippen LogP) is 4.41. The van der Waals surface area contributed by atoms with Crippen LogP contribution in [-0.4, -0.2) is 11.7 Å². The molecule has 0 aliphatic rings. The van der Waals surface area contributed by atoms with Gasteiger partial charge in [-0.15, -0.1) is 11.8 Å². The van der Waals surface area contributed by atoms with E-state index in [1.54, 1.807) is 11.8 Å². The summed E-state index contributed by atoms with van der Waals surface area (Å²) in [5, 5.41) is 3.05. The van der Waals surface area contributed by atoms with Crippen molar-refractivity contribution in [3.63, 3.8) is 0 Å². The molecule has 1 N–H and O–H groups in total. The van der Waals surface area contributed by atoms with Gasteiger partial charge in [0.1, 0.15) is 0 Å². The average Bonchev–Trinajstić information content (AvgIpc) is 2.48. The Morgan fingerprint density at radius 1 is 1.09 bits per heavy atom. The fourth-order valence-corrected chi connectivity index (χ4v) is 3.07. The van der Waals surface area contributed by atoms with E-state index in [9.17, 15) is 4.79 Å². The van der Waals surface area contributed by atoms with E-state index in [4.69, 9.17) is 0 Å². The van der Waals surface area contributed by atoms with Crippen molar-refractivity contribution in [2.24, 2.45) is 0 Å². The summed E-state index contributed by atoms with van der Waals surface area (Å²) >= 11 is 1.65. The molecule has 0 aliphatic heterocycles. The maximum absolute atomic E-state index is 12.0. The number of rotatable bonds is 6. The van der Waals surface area contributed by atoms with E-state index in [1.807, 2.05) is 6.92 Å². The molecule has 0 saturated heterocycles. The molecule has 22 heavy (non-hydrogen) atoms. The highest BCUT2D eigenvalue weighted by Crippen LogP contribution is 2.15. The highest BCUT2D eigenvalue weighted by Gasteiger charge is 2.09. The molecular formula is C19H23NOS. The molecule has 0 fully saturated rings. The summed E-state index contributed by atoms with van der Waals surface area (Å²) in [4.78, 5) is 12.0. The number of hydrogen-bond acceptors (Lipinski definition) is 2. The van der Waals surface area contributed by atoms with Gasteiger partial charge in [0.05, 0.1) is 11.8 Å². The number of carbonyl (C=O) groups is 1. The number of amides is 1. The first-order valence-electron chi connectivity index (χ1n) is 7.54. The second-order valence-electron chi connectivity index (χ2n) is 5.68. The Kier molecular flexibility index (Phi) is 6.08. The van der Waals surface area contributed by atoms with Gasteiger partial charge in [-0.1, -0.05) is 59.7 Å². The fraction of sp³-hybridized carbons (Fsp3) is 0.316. The number of hydrogen-bond donors (Lipinski definition) is 1. The van der Waals surface area contributed by atoms with Crippen LogP contribution in [-0.2, 0) is 10.5 Å². The Hall–Kier alpha value is -1.74. The molecule has 0 unspecified atom stereocenters. The Bertz CT molecular complexity index is 622. The SMILES string of the molecule is Cc1ccc([C@H](C)NC(=O)CSCc2cccc(C)c2)cc1. The Labute approximate surface area is 137 Å². The third kappa shape index (κ3) is 5.23. The van der Waals surface area contributed by atoms with Crippen LogP contribution in [0.2, 0.25) is 0 Å². The van der Waals surface area contributed by atoms with Gasteiger partial charge in [0.2, 0.25) is 5.91 Å². The lowest BCUT2D eigenvalue weighted by Gasteiger charge is -2.14. The maximum atomic E-state index is 12.0. The van der Waals surface area contributed by atoms with Gasteiger partial charge in [0, 0.05) is 5.75 Å². The molecule has 0 heterocycles. The average molecular weight is 313 g/mol. The minimum Gasteiger partial charge on any atom is -0.349 e. The summed E-state index contributed by atoms with van der Waals surface area (Å²) in [6, 6.07) is 16.8. The third-order valence-electron chi connectivity index (χ3n) is 3.54. The van der Waals surface area contributed by atoms with Crippen LogP contribution in [0.25, 0.3) is 0 Å². The van der Waals surface area contributed by atoms with Crippen LogP contribution in [0.5, 0.6) is 0 Å². The lowest BCUT2D eigenvalue weighted by atomic mass is 10.1. The molecule has 0 radical (unpaired) electrons. The molecule has 0 aliphatic carbocycles. The second-order valence-corrected chi connectivity index (χ2v) is 6.67. The number of aryl methyl sites for hydroxylation is 2. The van der Waals surface area contributed by atoms with Crippen LogP contribution in [0, 0.1) is 13.8 Å². The van der Waals surface area contributed by atoms with E-state index in [-0.39, 0.29) is 11.9 Å². The molecule has 2 rings (SSSR count). The molecule has 0 spiro atoms. The summed E-state index contributed by atoms with van der Waals surface area (Å²) in [6.45, 7) is 6.17. The zero-order valence-electron chi connectivity index (χ0n) is 13.4. The van der Waals surface area contributed by atoms with E-state index >= 15 is 0 Å². The zero-order chi connectivity index (χ0) is 15.9. The molecule has 1 amide bonds. The zero-order valence-corrected chi connectivity index (χ0v) is 14.2. The van der Waals surface area contributed by atoms with E-state index in [1.165, 1.54) is 16.7 Å². The molecule has 116 valence electrons. The highest BCUT2D eigenvalue weighted by molar-refractivity contribution is 7.99. The van der Waals surface area contributed by atoms with Crippen molar-refractivity contribution in [2.45, 2.75) is 32.6 Å². The first-order valence-corrected chi connectivity index (χ1v) is 8.69. The van der Waals surface area contributed by atoms with Crippen molar-refractivity contribution in [1.29, 1.82) is 0 Å². The number of nitrogens with one attached hydrogen (secondary N) is 1. The first kappa shape index (κ1) is 16.6. The molecule has 1 atom stereocenters. The molecule has 0 aromatic heterocycles. The molecule has 0 saturated carbocycles. The van der Waals surface area contributed by atoms with Crippen molar-refractivity contribution in [3.05, 3.63) is 70.8 Å². The van der Waals surface area contributed by atoms with E-state index in [2.05, 4.69) is 67.7 Å². The summed E-state index contributed by atoms with van der Waals surface area (Å²) in [6.07, 6.45) is 0. The predicted molar refractivity (Wildman–Crippen MR) is 95.1 cm³/mol. The summed E-state index contributed by atoms with van der Waals surface area (Å²) in [7, 11) is 0. The van der Waals surface area contributed by atoms with Crippen molar-refractivity contribution in [3.8, 4) is 0 Å². The van der Waals surface area contributed by atoms with Gasteiger partial charge in [-0.25, -0.2) is 0 Å². The summed E-state index contributed by atoms with van der Waals surface area (Å²) < 4.78 is 0. The third-order valence-corrected chi connectivity index (χ3v) is 4.54. The lowest BCUT2D eigenvalue weighted by Crippen LogP contribution is -2.28. The van der Waals surface area contributed by atoms with E-state index in [0.29, 0.717) is 5.75 Å². The summed E-state index contributed by atoms with van der Waals surface area (Å²) in [5.74, 6) is 1.45. The molecule has 2 aromatic rings. The Morgan fingerprint density at radius 3 is 2.50 bits per heavy atom. The fourth-order valence-electron chi connectivity index (χ4n) is 2.29. The smallest absolute Gasteiger partial charge is 0.230 e. The number of thioether (sulfide) groups is 1. The Morgan fingerprint density at radius 2 is 1.82 bits per heavy atom. The minimum atomic E-state index is 0.0488. The van der Waals surface area contributed by atoms with Crippen LogP contribution in [0.4, 0.5) is 0 Å². The van der Waals surface area contributed by atoms with Crippen LogP contribution in [0.1, 0.15) is 35.2 Å². The second kappa shape index (κ2) is 8.04. The monoisotopic (exact) mass is 313 g/mol. The van der Waals surface area contributed by atoms with Gasteiger partial charge in [-0.2, -0.15) is 0 Å². The van der Waals surface area contributed by atoms with E-state index in [0.717, 1.165) is 11.3 Å². The quantitative estimate of drug-likeness (QED) is 0.855. The number of benzene rings is 2. The topological polar surface area (TPSA) is 29.1 Å².